The van der Waals surface area contributed by atoms with Crippen molar-refractivity contribution < 1.29 is 4.74 Å². The summed E-state index contributed by atoms with van der Waals surface area (Å²) in [6.45, 7) is 6.44. The summed E-state index contributed by atoms with van der Waals surface area (Å²) in [6.07, 6.45) is 0. The van der Waals surface area contributed by atoms with Gasteiger partial charge >= 0.3 is 0 Å². The molecule has 0 fully saturated rings. The molecule has 0 bridgehead atoms. The topological polar surface area (TPSA) is 47.0 Å². The number of ether oxygens (including phenoxy) is 1. The maximum Gasteiger partial charge on any atom is 0.127 e. The summed E-state index contributed by atoms with van der Waals surface area (Å²) >= 11 is 1.72. The SMILES string of the molecule is COc1ccc2nc(NC(C)c3csc(C(C)C)n3)ccc2c1. The number of aromatic nitrogens is 2. The molecule has 0 aliphatic heterocycles. The van der Waals surface area contributed by atoms with E-state index in [0.29, 0.717) is 5.92 Å². The Kier molecular flexibility index (Phi) is 4.48. The molecule has 0 saturated heterocycles. The fourth-order valence-corrected chi connectivity index (χ4v) is 3.30. The number of pyridine rings is 1. The van der Waals surface area contributed by atoms with E-state index in [1.165, 1.54) is 5.01 Å². The molecule has 3 aromatic rings. The quantitative estimate of drug-likeness (QED) is 0.716. The summed E-state index contributed by atoms with van der Waals surface area (Å²) in [6, 6.07) is 10.1. The summed E-state index contributed by atoms with van der Waals surface area (Å²) in [5.74, 6) is 2.17. The normalized spacial score (nSPS) is 12.6. The van der Waals surface area contributed by atoms with E-state index in [1.807, 2.05) is 24.3 Å². The lowest BCUT2D eigenvalue weighted by Gasteiger charge is -2.13. The Morgan fingerprint density at radius 1 is 1.09 bits per heavy atom. The van der Waals surface area contributed by atoms with E-state index in [-0.39, 0.29) is 6.04 Å². The predicted octanol–water partition coefficient (Wildman–Crippen LogP) is 5.00. The standard InChI is InChI=1S/C18H21N3OS/c1-11(2)18-21-16(10-23-18)12(3)19-17-8-5-13-9-14(22-4)6-7-15(13)20-17/h5-12H,1-4H3,(H,19,20). The smallest absolute Gasteiger partial charge is 0.127 e. The molecular weight excluding hydrogens is 306 g/mol. The first-order valence-corrected chi connectivity index (χ1v) is 8.61. The fourth-order valence-electron chi connectivity index (χ4n) is 2.37. The number of fused-ring (bicyclic) bond motifs is 1. The van der Waals surface area contributed by atoms with Crippen molar-refractivity contribution in [3.8, 4) is 5.75 Å². The highest BCUT2D eigenvalue weighted by Crippen LogP contribution is 2.26. The van der Waals surface area contributed by atoms with Crippen LogP contribution in [0.2, 0.25) is 0 Å². The highest BCUT2D eigenvalue weighted by atomic mass is 32.1. The minimum Gasteiger partial charge on any atom is -0.497 e. The van der Waals surface area contributed by atoms with Crippen molar-refractivity contribution in [2.75, 3.05) is 12.4 Å². The predicted molar refractivity (Wildman–Crippen MR) is 96.5 cm³/mol. The van der Waals surface area contributed by atoms with Crippen molar-refractivity contribution in [3.63, 3.8) is 0 Å². The summed E-state index contributed by atoms with van der Waals surface area (Å²) < 4.78 is 5.25. The van der Waals surface area contributed by atoms with Crippen LogP contribution in [-0.2, 0) is 0 Å². The van der Waals surface area contributed by atoms with E-state index in [4.69, 9.17) is 9.72 Å². The molecule has 0 aliphatic rings. The number of hydrogen-bond acceptors (Lipinski definition) is 5. The first-order valence-electron chi connectivity index (χ1n) is 7.73. The Bertz CT molecular complexity index is 813. The average molecular weight is 327 g/mol. The summed E-state index contributed by atoms with van der Waals surface area (Å²) in [5.41, 5.74) is 2.01. The van der Waals surface area contributed by atoms with Gasteiger partial charge in [0.25, 0.3) is 0 Å². The zero-order chi connectivity index (χ0) is 16.4. The van der Waals surface area contributed by atoms with E-state index in [1.54, 1.807) is 18.4 Å². The van der Waals surface area contributed by atoms with E-state index in [2.05, 4.69) is 42.5 Å². The number of thiazole rings is 1. The molecule has 23 heavy (non-hydrogen) atoms. The molecule has 0 aliphatic carbocycles. The van der Waals surface area contributed by atoms with Crippen molar-refractivity contribution in [2.45, 2.75) is 32.7 Å². The van der Waals surface area contributed by atoms with Crippen LogP contribution in [0.15, 0.2) is 35.7 Å². The van der Waals surface area contributed by atoms with Crippen LogP contribution < -0.4 is 10.1 Å². The van der Waals surface area contributed by atoms with Gasteiger partial charge in [0.15, 0.2) is 0 Å². The molecule has 1 N–H and O–H groups in total. The number of nitrogens with zero attached hydrogens (tertiary/aromatic N) is 2. The van der Waals surface area contributed by atoms with E-state index in [9.17, 15) is 0 Å². The second-order valence-electron chi connectivity index (χ2n) is 5.89. The van der Waals surface area contributed by atoms with E-state index < -0.39 is 0 Å². The summed E-state index contributed by atoms with van der Waals surface area (Å²) in [5, 5.41) is 7.80. The zero-order valence-corrected chi connectivity index (χ0v) is 14.6. The highest BCUT2D eigenvalue weighted by molar-refractivity contribution is 7.09. The van der Waals surface area contributed by atoms with E-state index >= 15 is 0 Å². The van der Waals surface area contributed by atoms with Crippen molar-refractivity contribution >= 4 is 28.1 Å². The molecular formula is C18H21N3OS. The number of methoxy groups -OCH3 is 1. The minimum absolute atomic E-state index is 0.127. The minimum atomic E-state index is 0.127. The van der Waals surface area contributed by atoms with Crippen LogP contribution in [0.25, 0.3) is 10.9 Å². The lowest BCUT2D eigenvalue weighted by Crippen LogP contribution is -2.08. The van der Waals surface area contributed by atoms with Gasteiger partial charge < -0.3 is 10.1 Å². The highest BCUT2D eigenvalue weighted by Gasteiger charge is 2.12. The van der Waals surface area contributed by atoms with Gasteiger partial charge in [0.1, 0.15) is 11.6 Å². The molecule has 120 valence electrons. The van der Waals surface area contributed by atoms with Crippen LogP contribution >= 0.6 is 11.3 Å². The number of hydrogen-bond donors (Lipinski definition) is 1. The first-order chi connectivity index (χ1) is 11.1. The van der Waals surface area contributed by atoms with Gasteiger partial charge in [-0.2, -0.15) is 0 Å². The van der Waals surface area contributed by atoms with Gasteiger partial charge in [-0.1, -0.05) is 13.8 Å². The number of rotatable bonds is 5. The maximum atomic E-state index is 5.25. The van der Waals surface area contributed by atoms with Crippen LogP contribution in [0.4, 0.5) is 5.82 Å². The lowest BCUT2D eigenvalue weighted by molar-refractivity contribution is 0.415. The molecule has 1 unspecified atom stereocenters. The van der Waals surface area contributed by atoms with Crippen LogP contribution in [0, 0.1) is 0 Å². The molecule has 0 saturated carbocycles. The molecule has 3 rings (SSSR count). The van der Waals surface area contributed by atoms with Gasteiger partial charge in [0, 0.05) is 16.7 Å². The Morgan fingerprint density at radius 2 is 1.91 bits per heavy atom. The third-order valence-corrected chi connectivity index (χ3v) is 4.90. The molecule has 2 aromatic heterocycles. The lowest BCUT2D eigenvalue weighted by atomic mass is 10.2. The van der Waals surface area contributed by atoms with Gasteiger partial charge in [-0.25, -0.2) is 9.97 Å². The van der Waals surface area contributed by atoms with Crippen molar-refractivity contribution in [1.29, 1.82) is 0 Å². The van der Waals surface area contributed by atoms with Crippen LogP contribution in [0.5, 0.6) is 5.75 Å². The van der Waals surface area contributed by atoms with Gasteiger partial charge in [-0.15, -0.1) is 11.3 Å². The summed E-state index contributed by atoms with van der Waals surface area (Å²) in [7, 11) is 1.67. The Balaban J connectivity index is 1.79. The monoisotopic (exact) mass is 327 g/mol. The van der Waals surface area contributed by atoms with Crippen LogP contribution in [-0.4, -0.2) is 17.1 Å². The molecule has 0 spiro atoms. The molecule has 4 nitrogen and oxygen atoms in total. The number of anilines is 1. The van der Waals surface area contributed by atoms with E-state index in [0.717, 1.165) is 28.2 Å². The largest absolute Gasteiger partial charge is 0.497 e. The Labute approximate surface area is 140 Å². The zero-order valence-electron chi connectivity index (χ0n) is 13.8. The Hall–Kier alpha value is -2.14. The van der Waals surface area contributed by atoms with Crippen LogP contribution in [0.3, 0.4) is 0 Å². The van der Waals surface area contributed by atoms with Gasteiger partial charge in [-0.3, -0.25) is 0 Å². The third kappa shape index (κ3) is 3.45. The number of nitrogens with one attached hydrogen (secondary N) is 1. The average Bonchev–Trinajstić information content (AvgIpc) is 3.04. The number of benzene rings is 1. The molecule has 5 heteroatoms. The third-order valence-electron chi connectivity index (χ3n) is 3.74. The summed E-state index contributed by atoms with van der Waals surface area (Å²) in [4.78, 5) is 9.37. The Morgan fingerprint density at radius 3 is 2.61 bits per heavy atom. The molecule has 0 amide bonds. The van der Waals surface area contributed by atoms with Gasteiger partial charge in [0.05, 0.1) is 29.4 Å². The second kappa shape index (κ2) is 6.54. The van der Waals surface area contributed by atoms with Gasteiger partial charge in [0.2, 0.25) is 0 Å². The van der Waals surface area contributed by atoms with Crippen LogP contribution in [0.1, 0.15) is 43.4 Å². The van der Waals surface area contributed by atoms with Crippen molar-refractivity contribution in [2.24, 2.45) is 0 Å². The molecule has 2 heterocycles. The molecule has 1 atom stereocenters. The molecule has 0 radical (unpaired) electrons. The first kappa shape index (κ1) is 15.7. The maximum absolute atomic E-state index is 5.25. The van der Waals surface area contributed by atoms with Gasteiger partial charge in [-0.05, 0) is 37.3 Å². The second-order valence-corrected chi connectivity index (χ2v) is 6.78. The fraction of sp³-hybridized carbons (Fsp3) is 0.333. The molecule has 1 aromatic carbocycles. The van der Waals surface area contributed by atoms with Crippen molar-refractivity contribution in [3.05, 3.63) is 46.4 Å². The van der Waals surface area contributed by atoms with Crippen molar-refractivity contribution in [1.82, 2.24) is 9.97 Å².